The average Bonchev–Trinajstić information content (AvgIpc) is 2.32. The van der Waals surface area contributed by atoms with Gasteiger partial charge in [0, 0.05) is 7.05 Å². The SMILES string of the molecule is CN1C(=O)C(N)COc2ccccc21. The highest BCUT2D eigenvalue weighted by molar-refractivity contribution is 5.98. The Kier molecular flexibility index (Phi) is 2.13. The predicted octanol–water partition coefficient (Wildman–Crippen LogP) is 0.369. The highest BCUT2D eigenvalue weighted by atomic mass is 16.5. The lowest BCUT2D eigenvalue weighted by molar-refractivity contribution is -0.119. The fourth-order valence-electron chi connectivity index (χ4n) is 1.47. The first-order chi connectivity index (χ1) is 6.70. The van der Waals surface area contributed by atoms with Crippen molar-refractivity contribution < 1.29 is 9.53 Å². The summed E-state index contributed by atoms with van der Waals surface area (Å²) in [6, 6.07) is 6.83. The van der Waals surface area contributed by atoms with E-state index in [9.17, 15) is 4.79 Å². The van der Waals surface area contributed by atoms with Crippen molar-refractivity contribution in [2.45, 2.75) is 6.04 Å². The van der Waals surface area contributed by atoms with E-state index in [1.165, 1.54) is 4.90 Å². The minimum atomic E-state index is -0.576. The number of nitrogens with zero attached hydrogens (tertiary/aromatic N) is 1. The fraction of sp³-hybridized carbons (Fsp3) is 0.300. The molecule has 1 atom stereocenters. The third kappa shape index (κ3) is 1.33. The van der Waals surface area contributed by atoms with Gasteiger partial charge < -0.3 is 15.4 Å². The molecule has 0 spiro atoms. The van der Waals surface area contributed by atoms with Crippen LogP contribution in [0.3, 0.4) is 0 Å². The summed E-state index contributed by atoms with van der Waals surface area (Å²) in [5, 5.41) is 0. The first kappa shape index (κ1) is 9.02. The first-order valence-electron chi connectivity index (χ1n) is 4.45. The van der Waals surface area contributed by atoms with Gasteiger partial charge in [-0.15, -0.1) is 0 Å². The monoisotopic (exact) mass is 192 g/mol. The van der Waals surface area contributed by atoms with Crippen LogP contribution in [0.15, 0.2) is 24.3 Å². The van der Waals surface area contributed by atoms with Gasteiger partial charge in [0.2, 0.25) is 5.91 Å². The largest absolute Gasteiger partial charge is 0.489 e. The standard InChI is InChI=1S/C10H12N2O2/c1-12-8-4-2-3-5-9(8)14-6-7(11)10(12)13/h2-5,7H,6,11H2,1H3. The van der Waals surface area contributed by atoms with Crippen LogP contribution >= 0.6 is 0 Å². The number of rotatable bonds is 0. The van der Waals surface area contributed by atoms with Gasteiger partial charge in [-0.3, -0.25) is 4.79 Å². The smallest absolute Gasteiger partial charge is 0.247 e. The quantitative estimate of drug-likeness (QED) is 0.646. The molecule has 4 nitrogen and oxygen atoms in total. The second-order valence-electron chi connectivity index (χ2n) is 3.28. The van der Waals surface area contributed by atoms with Crippen LogP contribution < -0.4 is 15.4 Å². The van der Waals surface area contributed by atoms with Gasteiger partial charge >= 0.3 is 0 Å². The Hall–Kier alpha value is -1.55. The van der Waals surface area contributed by atoms with Gasteiger partial charge in [-0.05, 0) is 12.1 Å². The third-order valence-corrected chi connectivity index (χ3v) is 2.29. The van der Waals surface area contributed by atoms with Crippen molar-refractivity contribution in [2.75, 3.05) is 18.6 Å². The predicted molar refractivity (Wildman–Crippen MR) is 53.3 cm³/mol. The van der Waals surface area contributed by atoms with Gasteiger partial charge in [0.05, 0.1) is 5.69 Å². The summed E-state index contributed by atoms with van der Waals surface area (Å²) < 4.78 is 5.41. The summed E-state index contributed by atoms with van der Waals surface area (Å²) in [5.74, 6) is 0.589. The topological polar surface area (TPSA) is 55.6 Å². The van der Waals surface area contributed by atoms with Crippen molar-refractivity contribution in [2.24, 2.45) is 5.73 Å². The summed E-state index contributed by atoms with van der Waals surface area (Å²) in [6.45, 7) is 0.236. The van der Waals surface area contributed by atoms with Gasteiger partial charge in [-0.25, -0.2) is 0 Å². The molecular weight excluding hydrogens is 180 g/mol. The maximum Gasteiger partial charge on any atom is 0.247 e. The van der Waals surface area contributed by atoms with E-state index in [-0.39, 0.29) is 12.5 Å². The molecule has 1 unspecified atom stereocenters. The summed E-state index contributed by atoms with van der Waals surface area (Å²) in [6.07, 6.45) is 0. The Balaban J connectivity index is 2.45. The lowest BCUT2D eigenvalue weighted by Gasteiger charge is -2.17. The average molecular weight is 192 g/mol. The van der Waals surface area contributed by atoms with Gasteiger partial charge in [0.1, 0.15) is 18.4 Å². The summed E-state index contributed by atoms with van der Waals surface area (Å²) in [5.41, 5.74) is 6.40. The molecule has 0 bridgehead atoms. The second kappa shape index (κ2) is 3.31. The van der Waals surface area contributed by atoms with E-state index in [1.807, 2.05) is 24.3 Å². The van der Waals surface area contributed by atoms with E-state index in [4.69, 9.17) is 10.5 Å². The van der Waals surface area contributed by atoms with E-state index < -0.39 is 6.04 Å². The zero-order chi connectivity index (χ0) is 10.1. The van der Waals surface area contributed by atoms with Crippen LogP contribution in [0.1, 0.15) is 0 Å². The highest BCUT2D eigenvalue weighted by Crippen LogP contribution is 2.29. The molecule has 2 rings (SSSR count). The van der Waals surface area contributed by atoms with Crippen LogP contribution in [0.2, 0.25) is 0 Å². The Labute approximate surface area is 82.3 Å². The Morgan fingerprint density at radius 2 is 2.21 bits per heavy atom. The molecule has 0 saturated carbocycles. The van der Waals surface area contributed by atoms with Crippen molar-refractivity contribution in [3.8, 4) is 5.75 Å². The molecule has 0 radical (unpaired) electrons. The summed E-state index contributed by atoms with van der Waals surface area (Å²) in [7, 11) is 1.70. The van der Waals surface area contributed by atoms with Crippen LogP contribution in [-0.4, -0.2) is 25.6 Å². The molecule has 1 aromatic rings. The van der Waals surface area contributed by atoms with E-state index in [0.29, 0.717) is 5.75 Å². The van der Waals surface area contributed by atoms with Crippen molar-refractivity contribution in [3.63, 3.8) is 0 Å². The second-order valence-corrected chi connectivity index (χ2v) is 3.28. The number of benzene rings is 1. The summed E-state index contributed by atoms with van der Waals surface area (Å²) >= 11 is 0. The molecule has 0 fully saturated rings. The number of hydrogen-bond acceptors (Lipinski definition) is 3. The Bertz CT molecular complexity index is 365. The normalized spacial score (nSPS) is 21.1. The number of hydrogen-bond donors (Lipinski definition) is 1. The molecule has 14 heavy (non-hydrogen) atoms. The van der Waals surface area contributed by atoms with Crippen LogP contribution in [0.5, 0.6) is 5.75 Å². The van der Waals surface area contributed by atoms with Gasteiger partial charge in [0.15, 0.2) is 0 Å². The minimum absolute atomic E-state index is 0.116. The van der Waals surface area contributed by atoms with Gasteiger partial charge in [-0.1, -0.05) is 12.1 Å². The van der Waals surface area contributed by atoms with E-state index in [1.54, 1.807) is 7.05 Å². The number of likely N-dealkylation sites (N-methyl/N-ethyl adjacent to an activating group) is 1. The van der Waals surface area contributed by atoms with Crippen LogP contribution in [0.4, 0.5) is 5.69 Å². The molecule has 2 N–H and O–H groups in total. The maximum absolute atomic E-state index is 11.6. The van der Waals surface area contributed by atoms with Gasteiger partial charge in [0.25, 0.3) is 0 Å². The van der Waals surface area contributed by atoms with E-state index in [0.717, 1.165) is 5.69 Å². The maximum atomic E-state index is 11.6. The number of ether oxygens (including phenoxy) is 1. The minimum Gasteiger partial charge on any atom is -0.489 e. The lowest BCUT2D eigenvalue weighted by Crippen LogP contribution is -2.43. The molecule has 0 aromatic heterocycles. The fourth-order valence-corrected chi connectivity index (χ4v) is 1.47. The number of amides is 1. The Morgan fingerprint density at radius 3 is 3.00 bits per heavy atom. The van der Waals surface area contributed by atoms with Crippen molar-refractivity contribution in [3.05, 3.63) is 24.3 Å². The molecule has 1 aromatic carbocycles. The van der Waals surface area contributed by atoms with Crippen molar-refractivity contribution in [1.29, 1.82) is 0 Å². The highest BCUT2D eigenvalue weighted by Gasteiger charge is 2.25. The van der Waals surface area contributed by atoms with Crippen molar-refractivity contribution >= 4 is 11.6 Å². The first-order valence-corrected chi connectivity index (χ1v) is 4.45. The van der Waals surface area contributed by atoms with E-state index in [2.05, 4.69) is 0 Å². The Morgan fingerprint density at radius 1 is 1.50 bits per heavy atom. The zero-order valence-electron chi connectivity index (χ0n) is 7.93. The number of anilines is 1. The number of carbonyl (C=O) groups excluding carboxylic acids is 1. The molecule has 1 heterocycles. The molecular formula is C10H12N2O2. The molecule has 1 aliphatic rings. The number of nitrogens with two attached hydrogens (primary N) is 1. The number of fused-ring (bicyclic) bond motifs is 1. The summed E-state index contributed by atoms with van der Waals surface area (Å²) in [4.78, 5) is 13.2. The van der Waals surface area contributed by atoms with Gasteiger partial charge in [-0.2, -0.15) is 0 Å². The molecule has 74 valence electrons. The van der Waals surface area contributed by atoms with Crippen LogP contribution in [-0.2, 0) is 4.79 Å². The number of carbonyl (C=O) groups is 1. The molecule has 1 aliphatic heterocycles. The lowest BCUT2D eigenvalue weighted by atomic mass is 10.2. The van der Waals surface area contributed by atoms with E-state index >= 15 is 0 Å². The van der Waals surface area contributed by atoms with Crippen molar-refractivity contribution in [1.82, 2.24) is 0 Å². The third-order valence-electron chi connectivity index (χ3n) is 2.29. The van der Waals surface area contributed by atoms with Crippen LogP contribution in [0.25, 0.3) is 0 Å². The molecule has 1 amide bonds. The molecule has 0 saturated heterocycles. The molecule has 0 aliphatic carbocycles. The zero-order valence-corrected chi connectivity index (χ0v) is 7.93. The number of para-hydroxylation sites is 2. The molecule has 4 heteroatoms. The van der Waals surface area contributed by atoms with Crippen LogP contribution in [0, 0.1) is 0 Å².